The van der Waals surface area contributed by atoms with Gasteiger partial charge in [0.1, 0.15) is 0 Å². The molecule has 0 aromatic carbocycles. The largest absolute Gasteiger partial charge is 0.505 e. The third-order valence-corrected chi connectivity index (χ3v) is 7.97. The number of hydrogen-bond donors (Lipinski definition) is 0. The Morgan fingerprint density at radius 2 is 0.870 bits per heavy atom. The van der Waals surface area contributed by atoms with E-state index in [1.165, 1.54) is 25.7 Å². The SMILES string of the molecule is CC(C)(C)O[Si](OC(C)(C)C)(OC(C)(C)C)C1CCCCCC1. The monoisotopic (exact) mass is 344 g/mol. The van der Waals surface area contributed by atoms with E-state index in [1.807, 2.05) is 0 Å². The van der Waals surface area contributed by atoms with Gasteiger partial charge in [-0.1, -0.05) is 25.7 Å². The fourth-order valence-corrected chi connectivity index (χ4v) is 7.53. The third kappa shape index (κ3) is 8.15. The molecule has 23 heavy (non-hydrogen) atoms. The Morgan fingerprint density at radius 3 is 1.13 bits per heavy atom. The summed E-state index contributed by atoms with van der Waals surface area (Å²) in [6.45, 7) is 19.0. The van der Waals surface area contributed by atoms with E-state index < -0.39 is 8.80 Å². The van der Waals surface area contributed by atoms with Crippen LogP contribution in [0.1, 0.15) is 101 Å². The predicted molar refractivity (Wildman–Crippen MR) is 99.7 cm³/mol. The normalized spacial score (nSPS) is 19.7. The first-order chi connectivity index (χ1) is 10.2. The lowest BCUT2D eigenvalue weighted by Crippen LogP contribution is -2.60. The quantitative estimate of drug-likeness (QED) is 0.456. The Morgan fingerprint density at radius 1 is 0.565 bits per heavy atom. The fraction of sp³-hybridized carbons (Fsp3) is 1.00. The Kier molecular flexibility index (Phi) is 6.94. The van der Waals surface area contributed by atoms with E-state index in [1.54, 1.807) is 0 Å². The minimum Gasteiger partial charge on any atom is -0.368 e. The summed E-state index contributed by atoms with van der Waals surface area (Å²) < 4.78 is 20.0. The molecule has 0 bridgehead atoms. The molecular formula is C19H40O3Si. The second-order valence-corrected chi connectivity index (χ2v) is 12.6. The molecule has 138 valence electrons. The molecule has 0 N–H and O–H groups in total. The molecule has 0 aromatic rings. The van der Waals surface area contributed by atoms with E-state index in [4.69, 9.17) is 13.3 Å². The second-order valence-electron chi connectivity index (χ2n) is 9.94. The Labute approximate surface area is 145 Å². The lowest BCUT2D eigenvalue weighted by atomic mass is 10.2. The molecular weight excluding hydrogens is 304 g/mol. The van der Waals surface area contributed by atoms with Crippen LogP contribution in [0.25, 0.3) is 0 Å². The zero-order valence-corrected chi connectivity index (χ0v) is 18.0. The summed E-state index contributed by atoms with van der Waals surface area (Å²) in [7, 11) is -2.83. The lowest BCUT2D eigenvalue weighted by Gasteiger charge is -2.46. The minimum absolute atomic E-state index is 0.269. The summed E-state index contributed by atoms with van der Waals surface area (Å²) in [6, 6.07) is 0. The summed E-state index contributed by atoms with van der Waals surface area (Å²) >= 11 is 0. The maximum atomic E-state index is 6.67. The van der Waals surface area contributed by atoms with Crippen molar-refractivity contribution >= 4 is 8.80 Å². The van der Waals surface area contributed by atoms with Crippen LogP contribution in [0.4, 0.5) is 0 Å². The van der Waals surface area contributed by atoms with E-state index >= 15 is 0 Å². The van der Waals surface area contributed by atoms with E-state index in [0.29, 0.717) is 5.54 Å². The molecule has 0 atom stereocenters. The van der Waals surface area contributed by atoms with Crippen LogP contribution in [0, 0.1) is 0 Å². The maximum absolute atomic E-state index is 6.67. The van der Waals surface area contributed by atoms with E-state index in [9.17, 15) is 0 Å². The molecule has 3 nitrogen and oxygen atoms in total. The summed E-state index contributed by atoms with van der Waals surface area (Å²) in [5.74, 6) is 0. The number of rotatable bonds is 4. The first kappa shape index (κ1) is 21.1. The van der Waals surface area contributed by atoms with Gasteiger partial charge >= 0.3 is 8.80 Å². The van der Waals surface area contributed by atoms with E-state index in [-0.39, 0.29) is 16.8 Å². The molecule has 0 unspecified atom stereocenters. The van der Waals surface area contributed by atoms with Crippen molar-refractivity contribution in [3.63, 3.8) is 0 Å². The van der Waals surface area contributed by atoms with Gasteiger partial charge in [-0.3, -0.25) is 0 Å². The standard InChI is InChI=1S/C19H40O3Si/c1-17(2,3)20-23(21-18(4,5)6,22-19(7,8)9)16-14-12-10-11-13-15-16/h16H,10-15H2,1-9H3. The van der Waals surface area contributed by atoms with Crippen molar-refractivity contribution < 1.29 is 13.3 Å². The van der Waals surface area contributed by atoms with Gasteiger partial charge in [-0.05, 0) is 75.2 Å². The molecule has 0 aromatic heterocycles. The highest BCUT2D eigenvalue weighted by Gasteiger charge is 2.55. The lowest BCUT2D eigenvalue weighted by molar-refractivity contribution is -0.0823. The minimum atomic E-state index is -2.83. The van der Waals surface area contributed by atoms with Crippen LogP contribution in [-0.2, 0) is 13.3 Å². The van der Waals surface area contributed by atoms with Gasteiger partial charge in [0.15, 0.2) is 0 Å². The van der Waals surface area contributed by atoms with Gasteiger partial charge in [0.05, 0.1) is 16.8 Å². The van der Waals surface area contributed by atoms with E-state index in [2.05, 4.69) is 62.3 Å². The smallest absolute Gasteiger partial charge is 0.368 e. The van der Waals surface area contributed by atoms with Gasteiger partial charge in [-0.2, -0.15) is 0 Å². The molecule has 1 saturated carbocycles. The average molecular weight is 345 g/mol. The fourth-order valence-electron chi connectivity index (χ4n) is 3.23. The van der Waals surface area contributed by atoms with Crippen LogP contribution >= 0.6 is 0 Å². The molecule has 0 heterocycles. The van der Waals surface area contributed by atoms with Crippen LogP contribution in [0.3, 0.4) is 0 Å². The van der Waals surface area contributed by atoms with Crippen molar-refractivity contribution in [1.29, 1.82) is 0 Å². The Bertz CT molecular complexity index is 311. The molecule has 1 aliphatic carbocycles. The topological polar surface area (TPSA) is 27.7 Å². The van der Waals surface area contributed by atoms with Crippen LogP contribution in [-0.4, -0.2) is 25.6 Å². The molecule has 0 saturated heterocycles. The van der Waals surface area contributed by atoms with Gasteiger partial charge < -0.3 is 13.3 Å². The predicted octanol–water partition coefficient (Wildman–Crippen LogP) is 6.10. The van der Waals surface area contributed by atoms with Crippen molar-refractivity contribution in [1.82, 2.24) is 0 Å². The van der Waals surface area contributed by atoms with Gasteiger partial charge in [-0.25, -0.2) is 0 Å². The van der Waals surface area contributed by atoms with Crippen LogP contribution in [0.2, 0.25) is 5.54 Å². The van der Waals surface area contributed by atoms with Crippen LogP contribution in [0.5, 0.6) is 0 Å². The van der Waals surface area contributed by atoms with Crippen molar-refractivity contribution in [3.8, 4) is 0 Å². The van der Waals surface area contributed by atoms with Gasteiger partial charge in [-0.15, -0.1) is 0 Å². The Hall–Kier alpha value is 0.0969. The van der Waals surface area contributed by atoms with Crippen molar-refractivity contribution in [3.05, 3.63) is 0 Å². The van der Waals surface area contributed by atoms with Crippen LogP contribution in [0.15, 0.2) is 0 Å². The zero-order valence-electron chi connectivity index (χ0n) is 17.0. The summed E-state index contributed by atoms with van der Waals surface area (Å²) in [5, 5.41) is 0. The van der Waals surface area contributed by atoms with Crippen molar-refractivity contribution in [2.75, 3.05) is 0 Å². The molecule has 0 aliphatic heterocycles. The number of hydrogen-bond acceptors (Lipinski definition) is 3. The van der Waals surface area contributed by atoms with Gasteiger partial charge in [0.2, 0.25) is 0 Å². The summed E-state index contributed by atoms with van der Waals surface area (Å²) in [5.41, 5.74) is -0.401. The average Bonchev–Trinajstić information content (AvgIpc) is 2.49. The molecule has 0 spiro atoms. The highest BCUT2D eigenvalue weighted by molar-refractivity contribution is 6.62. The van der Waals surface area contributed by atoms with Crippen LogP contribution < -0.4 is 0 Å². The summed E-state index contributed by atoms with van der Waals surface area (Å²) in [6.07, 6.45) is 7.48. The highest BCUT2D eigenvalue weighted by Crippen LogP contribution is 2.43. The van der Waals surface area contributed by atoms with E-state index in [0.717, 1.165) is 12.8 Å². The first-order valence-corrected chi connectivity index (χ1v) is 11.1. The first-order valence-electron chi connectivity index (χ1n) is 9.33. The molecule has 1 aliphatic rings. The second kappa shape index (κ2) is 7.55. The Balaban J connectivity index is 3.24. The molecule has 0 amide bonds. The highest BCUT2D eigenvalue weighted by atomic mass is 28.4. The van der Waals surface area contributed by atoms with Crippen molar-refractivity contribution in [2.45, 2.75) is 123 Å². The molecule has 1 fully saturated rings. The van der Waals surface area contributed by atoms with Gasteiger partial charge in [0, 0.05) is 5.54 Å². The molecule has 0 radical (unpaired) electrons. The molecule has 1 rings (SSSR count). The summed E-state index contributed by atoms with van der Waals surface area (Å²) in [4.78, 5) is 0. The van der Waals surface area contributed by atoms with Gasteiger partial charge in [0.25, 0.3) is 0 Å². The van der Waals surface area contributed by atoms with Crippen molar-refractivity contribution in [2.24, 2.45) is 0 Å². The third-order valence-electron chi connectivity index (χ3n) is 3.70. The zero-order chi connectivity index (χ0) is 17.9. The molecule has 4 heteroatoms. The maximum Gasteiger partial charge on any atom is 0.505 e.